The van der Waals surface area contributed by atoms with E-state index in [0.717, 1.165) is 30.3 Å². The minimum Gasteiger partial charge on any atom is -0.287 e. The molecule has 0 spiro atoms. The lowest BCUT2D eigenvalue weighted by atomic mass is 10.0. The summed E-state index contributed by atoms with van der Waals surface area (Å²) in [6.07, 6.45) is 5.06. The Labute approximate surface area is 133 Å². The van der Waals surface area contributed by atoms with E-state index in [1.54, 1.807) is 12.3 Å². The topological polar surface area (TPSA) is 57.7 Å². The number of halogens is 2. The Kier molecular flexibility index (Phi) is 4.42. The van der Waals surface area contributed by atoms with Gasteiger partial charge in [-0.15, -0.1) is 0 Å². The molecular formula is C14H17Cl2N5. The fraction of sp³-hybridized carbons (Fsp3) is 0.500. The van der Waals surface area contributed by atoms with E-state index in [9.17, 15) is 0 Å². The number of nitrogens with zero attached hydrogens (tertiary/aromatic N) is 4. The summed E-state index contributed by atoms with van der Waals surface area (Å²) in [6, 6.07) is 1.96. The molecule has 0 bridgehead atoms. The average Bonchev–Trinajstić information content (AvgIpc) is 2.89. The predicted octanol–water partition coefficient (Wildman–Crippen LogP) is 3.54. The van der Waals surface area contributed by atoms with Gasteiger partial charge in [-0.1, -0.05) is 29.6 Å². The third kappa shape index (κ3) is 3.36. The highest BCUT2D eigenvalue weighted by Crippen LogP contribution is 2.31. The molecule has 0 saturated carbocycles. The Bertz CT molecular complexity index is 628. The van der Waals surface area contributed by atoms with Gasteiger partial charge in [-0.25, -0.2) is 4.98 Å². The van der Waals surface area contributed by atoms with Crippen LogP contribution in [0.25, 0.3) is 0 Å². The van der Waals surface area contributed by atoms with Crippen molar-refractivity contribution in [2.75, 3.05) is 6.54 Å². The van der Waals surface area contributed by atoms with Crippen LogP contribution in [0, 0.1) is 6.92 Å². The lowest BCUT2D eigenvalue weighted by Crippen LogP contribution is -2.34. The third-order valence-corrected chi connectivity index (χ3v) is 4.30. The van der Waals surface area contributed by atoms with Crippen molar-refractivity contribution in [1.82, 2.24) is 25.1 Å². The number of pyridine rings is 1. The minimum atomic E-state index is 0.220. The molecule has 5 nitrogen and oxygen atoms in total. The summed E-state index contributed by atoms with van der Waals surface area (Å²) in [5, 5.41) is 8.41. The van der Waals surface area contributed by atoms with Gasteiger partial charge in [0.2, 0.25) is 0 Å². The van der Waals surface area contributed by atoms with Crippen molar-refractivity contribution in [1.29, 1.82) is 0 Å². The molecule has 1 aliphatic heterocycles. The largest absolute Gasteiger partial charge is 0.287 e. The van der Waals surface area contributed by atoms with Gasteiger partial charge in [-0.05, 0) is 32.4 Å². The SMILES string of the molecule is Cc1nc(C2CCCCN2Cc2ncc(Cl)cc2Cl)n[nH]1. The van der Waals surface area contributed by atoms with Crippen LogP contribution >= 0.6 is 23.2 Å². The Morgan fingerprint density at radius 2 is 2.24 bits per heavy atom. The summed E-state index contributed by atoms with van der Waals surface area (Å²) in [6.45, 7) is 3.61. The van der Waals surface area contributed by atoms with E-state index < -0.39 is 0 Å². The molecular weight excluding hydrogens is 309 g/mol. The molecule has 3 heterocycles. The zero-order valence-corrected chi connectivity index (χ0v) is 13.3. The van der Waals surface area contributed by atoms with Crippen molar-refractivity contribution in [3.05, 3.63) is 39.7 Å². The maximum atomic E-state index is 6.24. The Balaban J connectivity index is 1.81. The van der Waals surface area contributed by atoms with Crippen molar-refractivity contribution in [2.24, 2.45) is 0 Å². The molecule has 0 aliphatic carbocycles. The van der Waals surface area contributed by atoms with E-state index in [2.05, 4.69) is 25.1 Å². The number of aromatic nitrogens is 4. The van der Waals surface area contributed by atoms with Gasteiger partial charge in [-0.3, -0.25) is 15.0 Å². The molecule has 1 atom stereocenters. The summed E-state index contributed by atoms with van der Waals surface area (Å²) >= 11 is 12.1. The summed E-state index contributed by atoms with van der Waals surface area (Å²) in [4.78, 5) is 11.2. The molecule has 3 rings (SSSR count). The molecule has 0 aromatic carbocycles. The molecule has 0 amide bonds. The van der Waals surface area contributed by atoms with Gasteiger partial charge < -0.3 is 0 Å². The standard InChI is InChI=1S/C14H17Cl2N5/c1-9-18-14(20-19-9)13-4-2-3-5-21(13)8-12-11(16)6-10(15)7-17-12/h6-7,13H,2-5,8H2,1H3,(H,18,19,20). The van der Waals surface area contributed by atoms with Crippen molar-refractivity contribution in [3.8, 4) is 0 Å². The number of aryl methyl sites for hydroxylation is 1. The molecule has 2 aromatic heterocycles. The highest BCUT2D eigenvalue weighted by Gasteiger charge is 2.27. The van der Waals surface area contributed by atoms with Crippen LogP contribution < -0.4 is 0 Å². The van der Waals surface area contributed by atoms with E-state index in [1.165, 1.54) is 12.8 Å². The van der Waals surface area contributed by atoms with Crippen LogP contribution in [0.5, 0.6) is 0 Å². The highest BCUT2D eigenvalue weighted by molar-refractivity contribution is 6.34. The van der Waals surface area contributed by atoms with Gasteiger partial charge in [-0.2, -0.15) is 5.10 Å². The Morgan fingerprint density at radius 3 is 2.95 bits per heavy atom. The highest BCUT2D eigenvalue weighted by atomic mass is 35.5. The van der Waals surface area contributed by atoms with Gasteiger partial charge in [0.1, 0.15) is 5.82 Å². The molecule has 1 aliphatic rings. The predicted molar refractivity (Wildman–Crippen MR) is 82.4 cm³/mol. The first-order valence-corrected chi connectivity index (χ1v) is 7.82. The smallest absolute Gasteiger partial charge is 0.167 e. The van der Waals surface area contributed by atoms with E-state index in [1.807, 2.05) is 6.92 Å². The van der Waals surface area contributed by atoms with Crippen LogP contribution in [0.3, 0.4) is 0 Å². The summed E-state index contributed by atoms with van der Waals surface area (Å²) in [5.74, 6) is 1.70. The van der Waals surface area contributed by atoms with Gasteiger partial charge in [0.25, 0.3) is 0 Å². The normalized spacial score (nSPS) is 19.9. The van der Waals surface area contributed by atoms with Gasteiger partial charge in [0.05, 0.1) is 21.8 Å². The lowest BCUT2D eigenvalue weighted by Gasteiger charge is -2.33. The van der Waals surface area contributed by atoms with E-state index in [-0.39, 0.29) is 6.04 Å². The third-order valence-electron chi connectivity index (χ3n) is 3.76. The number of hydrogen-bond donors (Lipinski definition) is 1. The van der Waals surface area contributed by atoms with Crippen molar-refractivity contribution >= 4 is 23.2 Å². The quantitative estimate of drug-likeness (QED) is 0.937. The van der Waals surface area contributed by atoms with Crippen molar-refractivity contribution < 1.29 is 0 Å². The Hall–Kier alpha value is -1.17. The summed E-state index contributed by atoms with van der Waals surface area (Å²) < 4.78 is 0. The average molecular weight is 326 g/mol. The second kappa shape index (κ2) is 6.30. The first kappa shape index (κ1) is 14.8. The van der Waals surface area contributed by atoms with Crippen LogP contribution in [0.15, 0.2) is 12.3 Å². The van der Waals surface area contributed by atoms with Crippen LogP contribution in [0.1, 0.15) is 42.6 Å². The van der Waals surface area contributed by atoms with Crippen molar-refractivity contribution in [2.45, 2.75) is 38.8 Å². The van der Waals surface area contributed by atoms with E-state index in [0.29, 0.717) is 16.6 Å². The number of likely N-dealkylation sites (tertiary alicyclic amines) is 1. The van der Waals surface area contributed by atoms with Crippen molar-refractivity contribution in [3.63, 3.8) is 0 Å². The maximum absolute atomic E-state index is 6.24. The molecule has 1 fully saturated rings. The molecule has 112 valence electrons. The molecule has 2 aromatic rings. The zero-order chi connectivity index (χ0) is 14.8. The van der Waals surface area contributed by atoms with Crippen LogP contribution in [-0.2, 0) is 6.54 Å². The molecule has 1 N–H and O–H groups in total. The minimum absolute atomic E-state index is 0.220. The summed E-state index contributed by atoms with van der Waals surface area (Å²) in [5.41, 5.74) is 0.847. The van der Waals surface area contributed by atoms with Crippen LogP contribution in [-0.4, -0.2) is 31.6 Å². The van der Waals surface area contributed by atoms with Crippen LogP contribution in [0.2, 0.25) is 10.0 Å². The zero-order valence-electron chi connectivity index (χ0n) is 11.8. The Morgan fingerprint density at radius 1 is 1.38 bits per heavy atom. The number of piperidine rings is 1. The second-order valence-electron chi connectivity index (χ2n) is 5.34. The molecule has 0 radical (unpaired) electrons. The number of hydrogen-bond acceptors (Lipinski definition) is 4. The first-order chi connectivity index (χ1) is 10.1. The lowest BCUT2D eigenvalue weighted by molar-refractivity contribution is 0.132. The van der Waals surface area contributed by atoms with E-state index in [4.69, 9.17) is 23.2 Å². The van der Waals surface area contributed by atoms with E-state index >= 15 is 0 Å². The number of nitrogens with one attached hydrogen (secondary N) is 1. The fourth-order valence-corrected chi connectivity index (χ4v) is 3.17. The number of aromatic amines is 1. The monoisotopic (exact) mass is 325 g/mol. The molecule has 1 saturated heterocycles. The summed E-state index contributed by atoms with van der Waals surface area (Å²) in [7, 11) is 0. The maximum Gasteiger partial charge on any atom is 0.167 e. The number of H-pyrrole nitrogens is 1. The van der Waals surface area contributed by atoms with Gasteiger partial charge >= 0.3 is 0 Å². The molecule has 21 heavy (non-hydrogen) atoms. The van der Waals surface area contributed by atoms with Crippen LogP contribution in [0.4, 0.5) is 0 Å². The van der Waals surface area contributed by atoms with Gasteiger partial charge in [0, 0.05) is 12.7 Å². The van der Waals surface area contributed by atoms with Gasteiger partial charge in [0.15, 0.2) is 5.82 Å². The first-order valence-electron chi connectivity index (χ1n) is 7.06. The second-order valence-corrected chi connectivity index (χ2v) is 6.19. The fourth-order valence-electron chi connectivity index (χ4n) is 2.73. The molecule has 1 unspecified atom stereocenters. The number of rotatable bonds is 3. The molecule has 7 heteroatoms.